The van der Waals surface area contributed by atoms with Gasteiger partial charge in [-0.05, 0) is 50.4 Å². The number of nitrogens with one attached hydrogen (secondary N) is 1. The summed E-state index contributed by atoms with van der Waals surface area (Å²) >= 11 is 0. The van der Waals surface area contributed by atoms with E-state index in [0.29, 0.717) is 13.1 Å². The molecule has 5 nitrogen and oxygen atoms in total. The molecule has 1 saturated heterocycles. The molecule has 1 aromatic heterocycles. The highest BCUT2D eigenvalue weighted by Crippen LogP contribution is 2.20. The quantitative estimate of drug-likeness (QED) is 0.907. The molecule has 0 spiro atoms. The summed E-state index contributed by atoms with van der Waals surface area (Å²) in [5.74, 6) is -0.312. The Kier molecular flexibility index (Phi) is 4.22. The van der Waals surface area contributed by atoms with Crippen LogP contribution in [0.4, 0.5) is 0 Å². The Morgan fingerprint density at radius 1 is 1.35 bits per heavy atom. The number of amides is 1. The van der Waals surface area contributed by atoms with Gasteiger partial charge in [0.05, 0.1) is 11.4 Å². The molecule has 0 aliphatic carbocycles. The maximum atomic E-state index is 12.4. The number of nitrogens with zero attached hydrogens (tertiary/aromatic N) is 1. The largest absolute Gasteiger partial charge is 0.369 e. The van der Waals surface area contributed by atoms with Crippen LogP contribution in [0.15, 0.2) is 23.0 Å². The molecule has 0 bridgehead atoms. The summed E-state index contributed by atoms with van der Waals surface area (Å²) < 4.78 is 0. The van der Waals surface area contributed by atoms with Gasteiger partial charge in [0.2, 0.25) is 5.91 Å². The van der Waals surface area contributed by atoms with Gasteiger partial charge in [-0.3, -0.25) is 14.5 Å². The molecule has 1 aliphatic rings. The van der Waals surface area contributed by atoms with Gasteiger partial charge in [0.1, 0.15) is 0 Å². The summed E-state index contributed by atoms with van der Waals surface area (Å²) in [5, 5.41) is 0.736. The number of aromatic nitrogens is 1. The standard InChI is InChI=1S/C18H23N3O2/c1-11-6-12(2)17-15(7-11)16(22)8-14(20-17)10-21-5-3-4-13(9-21)18(19)23/h6-8,13H,3-5,9-10H2,1-2H3,(H2,19,23)(H,20,22). The third-order valence-corrected chi connectivity index (χ3v) is 4.64. The summed E-state index contributed by atoms with van der Waals surface area (Å²) in [6.45, 7) is 6.25. The van der Waals surface area contributed by atoms with E-state index >= 15 is 0 Å². The number of hydrogen-bond acceptors (Lipinski definition) is 3. The summed E-state index contributed by atoms with van der Waals surface area (Å²) in [5.41, 5.74) is 9.44. The first-order chi connectivity index (χ1) is 10.9. The van der Waals surface area contributed by atoms with Crippen LogP contribution in [0.3, 0.4) is 0 Å². The van der Waals surface area contributed by atoms with Gasteiger partial charge in [-0.2, -0.15) is 0 Å². The first-order valence-corrected chi connectivity index (χ1v) is 8.09. The zero-order chi connectivity index (χ0) is 16.6. The molecule has 1 fully saturated rings. The fourth-order valence-corrected chi connectivity index (χ4v) is 3.52. The molecular weight excluding hydrogens is 290 g/mol. The lowest BCUT2D eigenvalue weighted by Crippen LogP contribution is -2.40. The van der Waals surface area contributed by atoms with E-state index in [1.807, 2.05) is 19.9 Å². The molecule has 2 heterocycles. The lowest BCUT2D eigenvalue weighted by atomic mass is 9.97. The minimum absolute atomic E-state index is 0.0454. The minimum Gasteiger partial charge on any atom is -0.369 e. The second kappa shape index (κ2) is 6.16. The molecular formula is C18H23N3O2. The third-order valence-electron chi connectivity index (χ3n) is 4.64. The molecule has 1 aromatic carbocycles. The Morgan fingerprint density at radius 3 is 2.87 bits per heavy atom. The number of nitrogens with two attached hydrogens (primary N) is 1. The average Bonchev–Trinajstić information content (AvgIpc) is 2.49. The van der Waals surface area contributed by atoms with E-state index in [2.05, 4.69) is 16.0 Å². The van der Waals surface area contributed by atoms with E-state index in [4.69, 9.17) is 5.73 Å². The Labute approximate surface area is 135 Å². The molecule has 1 atom stereocenters. The van der Waals surface area contributed by atoms with Crippen LogP contribution < -0.4 is 11.2 Å². The molecule has 1 aliphatic heterocycles. The van der Waals surface area contributed by atoms with Gasteiger partial charge in [-0.25, -0.2) is 0 Å². The van der Waals surface area contributed by atoms with Crippen LogP contribution in [0.5, 0.6) is 0 Å². The van der Waals surface area contributed by atoms with Crippen molar-refractivity contribution in [2.45, 2.75) is 33.2 Å². The van der Waals surface area contributed by atoms with Crippen LogP contribution in [0.2, 0.25) is 0 Å². The Morgan fingerprint density at radius 2 is 2.13 bits per heavy atom. The lowest BCUT2D eigenvalue weighted by molar-refractivity contribution is -0.123. The molecule has 3 rings (SSSR count). The molecule has 0 radical (unpaired) electrons. The summed E-state index contributed by atoms with van der Waals surface area (Å²) in [4.78, 5) is 29.4. The van der Waals surface area contributed by atoms with E-state index in [9.17, 15) is 9.59 Å². The molecule has 23 heavy (non-hydrogen) atoms. The third kappa shape index (κ3) is 3.29. The summed E-state index contributed by atoms with van der Waals surface area (Å²) in [7, 11) is 0. The van der Waals surface area contributed by atoms with Crippen LogP contribution in [0.25, 0.3) is 10.9 Å². The number of likely N-dealkylation sites (tertiary alicyclic amines) is 1. The van der Waals surface area contributed by atoms with E-state index in [1.54, 1.807) is 6.07 Å². The van der Waals surface area contributed by atoms with Crippen LogP contribution in [0, 0.1) is 19.8 Å². The number of pyridine rings is 1. The number of benzene rings is 1. The number of piperidine rings is 1. The number of primary amides is 1. The Balaban J connectivity index is 1.89. The van der Waals surface area contributed by atoms with Gasteiger partial charge in [0.15, 0.2) is 5.43 Å². The van der Waals surface area contributed by atoms with Crippen molar-refractivity contribution >= 4 is 16.8 Å². The highest BCUT2D eigenvalue weighted by molar-refractivity contribution is 5.82. The van der Waals surface area contributed by atoms with Crippen molar-refractivity contribution in [1.82, 2.24) is 9.88 Å². The molecule has 2 aromatic rings. The van der Waals surface area contributed by atoms with Gasteiger partial charge in [-0.15, -0.1) is 0 Å². The molecule has 1 unspecified atom stereocenters. The number of aromatic amines is 1. The first kappa shape index (κ1) is 15.7. The smallest absolute Gasteiger partial charge is 0.221 e. The number of hydrogen-bond donors (Lipinski definition) is 2. The summed E-state index contributed by atoms with van der Waals surface area (Å²) in [6.07, 6.45) is 1.82. The number of fused-ring (bicyclic) bond motifs is 1. The van der Waals surface area contributed by atoms with Crippen molar-refractivity contribution in [3.8, 4) is 0 Å². The van der Waals surface area contributed by atoms with Crippen molar-refractivity contribution < 1.29 is 4.79 Å². The second-order valence-corrected chi connectivity index (χ2v) is 6.64. The van der Waals surface area contributed by atoms with Gasteiger partial charge < -0.3 is 10.7 Å². The normalized spacial score (nSPS) is 19.1. The second-order valence-electron chi connectivity index (χ2n) is 6.64. The lowest BCUT2D eigenvalue weighted by Gasteiger charge is -2.31. The molecule has 5 heteroatoms. The predicted octanol–water partition coefficient (Wildman–Crippen LogP) is 1.84. The molecule has 122 valence electrons. The van der Waals surface area contributed by atoms with Crippen LogP contribution in [-0.4, -0.2) is 28.9 Å². The van der Waals surface area contributed by atoms with E-state index in [-0.39, 0.29) is 17.3 Å². The number of rotatable bonds is 3. The highest BCUT2D eigenvalue weighted by Gasteiger charge is 2.24. The SMILES string of the molecule is Cc1cc(C)c2[nH]c(CN3CCCC(C(N)=O)C3)cc(=O)c2c1. The first-order valence-electron chi connectivity index (χ1n) is 8.09. The maximum absolute atomic E-state index is 12.4. The maximum Gasteiger partial charge on any atom is 0.221 e. The number of carbonyl (C=O) groups excluding carboxylic acids is 1. The van der Waals surface area contributed by atoms with Gasteiger partial charge in [0, 0.05) is 30.2 Å². The van der Waals surface area contributed by atoms with Crippen LogP contribution >= 0.6 is 0 Å². The van der Waals surface area contributed by atoms with Crippen molar-refractivity contribution in [3.63, 3.8) is 0 Å². The van der Waals surface area contributed by atoms with Gasteiger partial charge in [-0.1, -0.05) is 6.07 Å². The molecule has 1 amide bonds. The highest BCUT2D eigenvalue weighted by atomic mass is 16.1. The predicted molar refractivity (Wildman–Crippen MR) is 91.2 cm³/mol. The van der Waals surface area contributed by atoms with Crippen molar-refractivity contribution in [3.05, 3.63) is 45.2 Å². The van der Waals surface area contributed by atoms with Crippen molar-refractivity contribution in [1.29, 1.82) is 0 Å². The van der Waals surface area contributed by atoms with Gasteiger partial charge >= 0.3 is 0 Å². The van der Waals surface area contributed by atoms with Crippen LogP contribution in [-0.2, 0) is 11.3 Å². The monoisotopic (exact) mass is 313 g/mol. The fraction of sp³-hybridized carbons (Fsp3) is 0.444. The average molecular weight is 313 g/mol. The topological polar surface area (TPSA) is 79.2 Å². The fourth-order valence-electron chi connectivity index (χ4n) is 3.52. The number of aryl methyl sites for hydroxylation is 2. The Hall–Kier alpha value is -2.14. The van der Waals surface area contributed by atoms with E-state index < -0.39 is 0 Å². The van der Waals surface area contributed by atoms with Crippen LogP contribution in [0.1, 0.15) is 29.7 Å². The minimum atomic E-state index is -0.229. The summed E-state index contributed by atoms with van der Waals surface area (Å²) in [6, 6.07) is 5.68. The van der Waals surface area contributed by atoms with Crippen molar-refractivity contribution in [2.24, 2.45) is 11.7 Å². The molecule has 3 N–H and O–H groups in total. The number of H-pyrrole nitrogens is 1. The Bertz CT molecular complexity index is 810. The van der Waals surface area contributed by atoms with Crippen molar-refractivity contribution in [2.75, 3.05) is 13.1 Å². The zero-order valence-electron chi connectivity index (χ0n) is 13.7. The van der Waals surface area contributed by atoms with E-state index in [0.717, 1.165) is 47.1 Å². The van der Waals surface area contributed by atoms with E-state index in [1.165, 1.54) is 0 Å². The zero-order valence-corrected chi connectivity index (χ0v) is 13.7. The number of carbonyl (C=O) groups is 1. The molecule has 0 saturated carbocycles. The van der Waals surface area contributed by atoms with Gasteiger partial charge in [0.25, 0.3) is 0 Å².